The van der Waals surface area contributed by atoms with E-state index in [-0.39, 0.29) is 0 Å². The lowest BCUT2D eigenvalue weighted by Crippen LogP contribution is -2.20. The lowest BCUT2D eigenvalue weighted by atomic mass is 10.1. The summed E-state index contributed by atoms with van der Waals surface area (Å²) in [6.45, 7) is 1.03. The molecule has 0 saturated carbocycles. The summed E-state index contributed by atoms with van der Waals surface area (Å²) in [4.78, 5) is 10.4. The van der Waals surface area contributed by atoms with E-state index in [0.717, 1.165) is 32.2 Å². The van der Waals surface area contributed by atoms with Gasteiger partial charge in [-0.3, -0.25) is 4.79 Å². The van der Waals surface area contributed by atoms with Gasteiger partial charge in [0, 0.05) is 12.5 Å². The fourth-order valence-corrected chi connectivity index (χ4v) is 2.80. The van der Waals surface area contributed by atoms with Crippen molar-refractivity contribution in [3.63, 3.8) is 0 Å². The van der Waals surface area contributed by atoms with Gasteiger partial charge in [0.05, 0.1) is 0 Å². The largest absolute Gasteiger partial charge is 0.481 e. The molecular formula is C16H23NO2. The number of unbranched alkanes of at least 4 members (excludes halogenated alkanes) is 3. The Balaban J connectivity index is 1.59. The molecular weight excluding hydrogens is 238 g/mol. The van der Waals surface area contributed by atoms with Crippen molar-refractivity contribution in [3.8, 4) is 0 Å². The molecule has 1 atom stereocenters. The van der Waals surface area contributed by atoms with E-state index in [0.29, 0.717) is 12.5 Å². The Labute approximate surface area is 115 Å². The quantitative estimate of drug-likeness (QED) is 0.706. The first-order chi connectivity index (χ1) is 9.27. The van der Waals surface area contributed by atoms with Gasteiger partial charge in [-0.05, 0) is 43.4 Å². The minimum absolute atomic E-state index is 0.309. The maximum absolute atomic E-state index is 10.4. The fraction of sp³-hybridized carbons (Fsp3) is 0.562. The van der Waals surface area contributed by atoms with Crippen LogP contribution in [0.2, 0.25) is 0 Å². The molecule has 0 aliphatic heterocycles. The number of rotatable bonds is 8. The van der Waals surface area contributed by atoms with Crippen LogP contribution in [-0.4, -0.2) is 17.6 Å². The zero-order valence-corrected chi connectivity index (χ0v) is 11.4. The van der Waals surface area contributed by atoms with E-state index in [4.69, 9.17) is 5.11 Å². The van der Waals surface area contributed by atoms with Crippen molar-refractivity contribution in [2.24, 2.45) is 0 Å². The molecule has 0 fully saturated rings. The van der Waals surface area contributed by atoms with Crippen LogP contribution in [0.1, 0.15) is 55.7 Å². The van der Waals surface area contributed by atoms with Crippen molar-refractivity contribution in [3.05, 3.63) is 35.4 Å². The smallest absolute Gasteiger partial charge is 0.303 e. The molecule has 0 saturated heterocycles. The number of benzene rings is 1. The van der Waals surface area contributed by atoms with Gasteiger partial charge < -0.3 is 10.4 Å². The summed E-state index contributed by atoms with van der Waals surface area (Å²) in [7, 11) is 0. The van der Waals surface area contributed by atoms with Crippen LogP contribution in [0.25, 0.3) is 0 Å². The van der Waals surface area contributed by atoms with Gasteiger partial charge in [-0.1, -0.05) is 37.1 Å². The highest BCUT2D eigenvalue weighted by molar-refractivity contribution is 5.66. The molecule has 0 radical (unpaired) electrons. The first kappa shape index (κ1) is 14.1. The summed E-state index contributed by atoms with van der Waals surface area (Å²) in [5.41, 5.74) is 2.95. The van der Waals surface area contributed by atoms with Gasteiger partial charge in [0.1, 0.15) is 0 Å². The molecule has 19 heavy (non-hydrogen) atoms. The second-order valence-electron chi connectivity index (χ2n) is 5.30. The summed E-state index contributed by atoms with van der Waals surface area (Å²) in [6.07, 6.45) is 6.79. The minimum Gasteiger partial charge on any atom is -0.481 e. The lowest BCUT2D eigenvalue weighted by molar-refractivity contribution is -0.137. The molecule has 1 unspecified atom stereocenters. The lowest BCUT2D eigenvalue weighted by Gasteiger charge is -2.13. The molecule has 1 aliphatic carbocycles. The van der Waals surface area contributed by atoms with Crippen LogP contribution in [-0.2, 0) is 11.2 Å². The molecule has 0 amide bonds. The average molecular weight is 261 g/mol. The first-order valence-electron chi connectivity index (χ1n) is 7.30. The maximum atomic E-state index is 10.4. The number of fused-ring (bicyclic) bond motifs is 1. The molecule has 1 aliphatic rings. The Hall–Kier alpha value is -1.35. The molecule has 2 rings (SSSR count). The van der Waals surface area contributed by atoms with E-state index >= 15 is 0 Å². The molecule has 104 valence electrons. The van der Waals surface area contributed by atoms with Gasteiger partial charge >= 0.3 is 5.97 Å². The molecule has 1 aromatic rings. The van der Waals surface area contributed by atoms with Crippen molar-refractivity contribution < 1.29 is 9.90 Å². The third kappa shape index (κ3) is 4.35. The summed E-state index contributed by atoms with van der Waals surface area (Å²) < 4.78 is 0. The number of nitrogens with one attached hydrogen (secondary N) is 1. The van der Waals surface area contributed by atoms with Crippen LogP contribution in [0.15, 0.2) is 24.3 Å². The number of carboxylic acid groups (broad SMARTS) is 1. The highest BCUT2D eigenvalue weighted by Gasteiger charge is 2.20. The number of aliphatic carboxylic acids is 1. The van der Waals surface area contributed by atoms with E-state index in [2.05, 4.69) is 29.6 Å². The predicted molar refractivity (Wildman–Crippen MR) is 76.2 cm³/mol. The van der Waals surface area contributed by atoms with E-state index in [9.17, 15) is 4.79 Å². The van der Waals surface area contributed by atoms with E-state index in [1.807, 2.05) is 0 Å². The Kier molecular flexibility index (Phi) is 5.40. The Morgan fingerprint density at radius 3 is 2.84 bits per heavy atom. The number of carboxylic acids is 1. The fourth-order valence-electron chi connectivity index (χ4n) is 2.80. The average Bonchev–Trinajstić information content (AvgIpc) is 2.81. The monoisotopic (exact) mass is 261 g/mol. The molecule has 3 heteroatoms. The highest BCUT2D eigenvalue weighted by Crippen LogP contribution is 2.30. The normalized spacial score (nSPS) is 17.4. The molecule has 0 spiro atoms. The van der Waals surface area contributed by atoms with Crippen molar-refractivity contribution >= 4 is 5.97 Å². The molecule has 0 aromatic heterocycles. The zero-order chi connectivity index (χ0) is 13.5. The van der Waals surface area contributed by atoms with Crippen molar-refractivity contribution in [2.75, 3.05) is 6.54 Å². The standard InChI is InChI=1S/C16H23NO2/c18-16(19)9-3-1-2-6-12-17-15-11-10-13-7-4-5-8-14(13)15/h4-5,7-8,15,17H,1-3,6,9-12H2,(H,18,19). The van der Waals surface area contributed by atoms with Crippen molar-refractivity contribution in [2.45, 2.75) is 51.0 Å². The predicted octanol–water partition coefficient (Wildman–Crippen LogP) is 3.30. The van der Waals surface area contributed by atoms with E-state index in [1.54, 1.807) is 0 Å². The second kappa shape index (κ2) is 7.29. The third-order valence-corrected chi connectivity index (χ3v) is 3.84. The molecule has 0 heterocycles. The van der Waals surface area contributed by atoms with Gasteiger partial charge in [-0.15, -0.1) is 0 Å². The van der Waals surface area contributed by atoms with Crippen molar-refractivity contribution in [1.82, 2.24) is 5.32 Å². The molecule has 1 aromatic carbocycles. The third-order valence-electron chi connectivity index (χ3n) is 3.84. The summed E-state index contributed by atoms with van der Waals surface area (Å²) in [6, 6.07) is 9.21. The van der Waals surface area contributed by atoms with Gasteiger partial charge in [0.25, 0.3) is 0 Å². The maximum Gasteiger partial charge on any atom is 0.303 e. The number of carbonyl (C=O) groups is 1. The van der Waals surface area contributed by atoms with Gasteiger partial charge in [-0.2, -0.15) is 0 Å². The number of aryl methyl sites for hydroxylation is 1. The van der Waals surface area contributed by atoms with Gasteiger partial charge in [0.2, 0.25) is 0 Å². The summed E-state index contributed by atoms with van der Waals surface area (Å²) >= 11 is 0. The van der Waals surface area contributed by atoms with Gasteiger partial charge in [0.15, 0.2) is 0 Å². The minimum atomic E-state index is -0.680. The van der Waals surface area contributed by atoms with Crippen LogP contribution in [0.3, 0.4) is 0 Å². The van der Waals surface area contributed by atoms with Crippen LogP contribution < -0.4 is 5.32 Å². The zero-order valence-electron chi connectivity index (χ0n) is 11.4. The topological polar surface area (TPSA) is 49.3 Å². The van der Waals surface area contributed by atoms with Crippen LogP contribution in [0.4, 0.5) is 0 Å². The van der Waals surface area contributed by atoms with E-state index in [1.165, 1.54) is 24.0 Å². The molecule has 2 N–H and O–H groups in total. The van der Waals surface area contributed by atoms with Crippen LogP contribution in [0, 0.1) is 0 Å². The first-order valence-corrected chi connectivity index (χ1v) is 7.30. The Bertz CT molecular complexity index is 417. The SMILES string of the molecule is O=C(O)CCCCCCNC1CCc2ccccc21. The summed E-state index contributed by atoms with van der Waals surface area (Å²) in [5.74, 6) is -0.680. The highest BCUT2D eigenvalue weighted by atomic mass is 16.4. The molecule has 0 bridgehead atoms. The summed E-state index contributed by atoms with van der Waals surface area (Å²) in [5, 5.41) is 12.2. The Morgan fingerprint density at radius 1 is 1.21 bits per heavy atom. The van der Waals surface area contributed by atoms with Crippen molar-refractivity contribution in [1.29, 1.82) is 0 Å². The number of hydrogen-bond donors (Lipinski definition) is 2. The van der Waals surface area contributed by atoms with Crippen LogP contribution in [0.5, 0.6) is 0 Å². The van der Waals surface area contributed by atoms with Crippen LogP contribution >= 0.6 is 0 Å². The molecule has 3 nitrogen and oxygen atoms in total. The number of hydrogen-bond acceptors (Lipinski definition) is 2. The van der Waals surface area contributed by atoms with E-state index < -0.39 is 5.97 Å². The van der Waals surface area contributed by atoms with Gasteiger partial charge in [-0.25, -0.2) is 0 Å². The Morgan fingerprint density at radius 2 is 2.00 bits per heavy atom. The second-order valence-corrected chi connectivity index (χ2v) is 5.30.